The van der Waals surface area contributed by atoms with E-state index in [0.29, 0.717) is 82.5 Å². The Morgan fingerprint density at radius 1 is 0.353 bits per heavy atom. The van der Waals surface area contributed by atoms with Crippen LogP contribution in [-0.4, -0.2) is 59.5 Å². The monoisotopic (exact) mass is 941 g/mol. The van der Waals surface area contributed by atoms with E-state index in [-0.39, 0.29) is 0 Å². The Labute approximate surface area is 412 Å². The van der Waals surface area contributed by atoms with E-state index in [4.69, 9.17) is 42.9 Å². The first-order valence-corrected chi connectivity index (χ1v) is 26.2. The first-order valence-electron chi connectivity index (χ1n) is 26.2. The van der Waals surface area contributed by atoms with Crippen LogP contribution >= 0.6 is 0 Å². The largest absolute Gasteiger partial charge is 0.502 e. The Bertz CT molecular complexity index is 1800. The minimum atomic E-state index is 0.370. The highest BCUT2D eigenvalue weighted by molar-refractivity contribution is 5.78. The molecule has 0 saturated heterocycles. The molecule has 0 aliphatic carbocycles. The number of benzene rings is 3. The number of hydrogen-bond donors (Lipinski definition) is 0. The molecular weight excluding hydrogens is 853 g/mol. The lowest BCUT2D eigenvalue weighted by Gasteiger charge is -2.19. The van der Waals surface area contributed by atoms with Crippen molar-refractivity contribution in [3.8, 4) is 34.5 Å². The molecule has 0 atom stereocenters. The van der Waals surface area contributed by atoms with Gasteiger partial charge in [-0.1, -0.05) is 166 Å². The Kier molecular flexibility index (Phi) is 33.0. The van der Waals surface area contributed by atoms with Gasteiger partial charge in [0.05, 0.1) is 59.1 Å². The van der Waals surface area contributed by atoms with Gasteiger partial charge in [0.25, 0.3) is 0 Å². The van der Waals surface area contributed by atoms with Crippen LogP contribution in [0.5, 0.6) is 34.5 Å². The summed E-state index contributed by atoms with van der Waals surface area (Å²) < 4.78 is 44.3. The summed E-state index contributed by atoms with van der Waals surface area (Å²) in [7, 11) is 0. The maximum Gasteiger partial charge on any atom is 0.204 e. The maximum atomic E-state index is 6.59. The molecule has 0 aliphatic heterocycles. The van der Waals surface area contributed by atoms with Gasteiger partial charge >= 0.3 is 0 Å². The highest BCUT2D eigenvalue weighted by Gasteiger charge is 2.19. The van der Waals surface area contributed by atoms with Crippen LogP contribution in [0.3, 0.4) is 0 Å². The quantitative estimate of drug-likeness (QED) is 0.0137. The highest BCUT2D eigenvalue weighted by atomic mass is 17.2. The van der Waals surface area contributed by atoms with E-state index in [0.717, 1.165) is 111 Å². The molecule has 0 heterocycles. The summed E-state index contributed by atoms with van der Waals surface area (Å²) in [6, 6.07) is 16.7. The molecule has 9 heteroatoms. The Morgan fingerprint density at radius 2 is 0.721 bits per heavy atom. The van der Waals surface area contributed by atoms with Crippen LogP contribution in [-0.2, 0) is 14.5 Å². The molecule has 0 saturated carbocycles. The van der Waals surface area contributed by atoms with Crippen molar-refractivity contribution in [1.29, 1.82) is 0 Å². The average Bonchev–Trinajstić information content (AvgIpc) is 3.35. The van der Waals surface area contributed by atoms with Crippen LogP contribution in [0.15, 0.2) is 74.0 Å². The third-order valence-electron chi connectivity index (χ3n) is 11.2. The standard InChI is InChI=1S/C59H88O9/c1-7-13-17-21-45-63-56-52(37-39-54(61-43-26-25-42-60-12-6)58(56)65-47-23-19-15-9-3)35-33-50-29-31-51(32-30-50)34-36-53-38-40-55(62-44-27-28-49-68-67-41-11-5)59(66-48-24-20-16-10-4)57(53)64-46-22-18-14-8-2/h11-12,29-40H,5-10,13-28,41-49H2,1-4H3/b35-33+,36-34+. The van der Waals surface area contributed by atoms with Crippen molar-refractivity contribution in [2.45, 2.75) is 156 Å². The van der Waals surface area contributed by atoms with Gasteiger partial charge in [0.1, 0.15) is 6.61 Å². The van der Waals surface area contributed by atoms with Crippen LogP contribution in [0, 0.1) is 0 Å². The van der Waals surface area contributed by atoms with Crippen LogP contribution in [0.1, 0.15) is 178 Å². The molecular formula is C59H88O9. The second-order valence-corrected chi connectivity index (χ2v) is 17.1. The van der Waals surface area contributed by atoms with Crippen LogP contribution < -0.4 is 28.4 Å². The molecule has 0 aliphatic rings. The summed E-state index contributed by atoms with van der Waals surface area (Å²) in [6.07, 6.45) is 32.9. The molecule has 0 spiro atoms. The summed E-state index contributed by atoms with van der Waals surface area (Å²) in [5.41, 5.74) is 4.06. The second kappa shape index (κ2) is 39.0. The summed E-state index contributed by atoms with van der Waals surface area (Å²) in [6.45, 7) is 21.2. The molecule has 3 aromatic rings. The molecule has 0 fully saturated rings. The van der Waals surface area contributed by atoms with Gasteiger partial charge in [0, 0.05) is 11.1 Å². The van der Waals surface area contributed by atoms with Crippen molar-refractivity contribution in [2.24, 2.45) is 0 Å². The maximum absolute atomic E-state index is 6.59. The summed E-state index contributed by atoms with van der Waals surface area (Å²) >= 11 is 0. The van der Waals surface area contributed by atoms with E-state index in [1.54, 1.807) is 6.08 Å². The van der Waals surface area contributed by atoms with E-state index >= 15 is 0 Å². The van der Waals surface area contributed by atoms with Gasteiger partial charge in [-0.3, -0.25) is 0 Å². The molecule has 0 unspecified atom stereocenters. The zero-order valence-electron chi connectivity index (χ0n) is 42.7. The predicted octanol–water partition coefficient (Wildman–Crippen LogP) is 16.5. The van der Waals surface area contributed by atoms with Gasteiger partial charge in [-0.15, -0.1) is 6.58 Å². The van der Waals surface area contributed by atoms with Crippen LogP contribution in [0.2, 0.25) is 0 Å². The first-order chi connectivity index (χ1) is 33.6. The number of rotatable bonds is 44. The fraction of sp³-hybridized carbons (Fsp3) is 0.559. The Hall–Kier alpha value is -4.86. The minimum absolute atomic E-state index is 0.370. The third-order valence-corrected chi connectivity index (χ3v) is 11.2. The lowest BCUT2D eigenvalue weighted by atomic mass is 10.1. The normalized spacial score (nSPS) is 11.3. The Morgan fingerprint density at radius 3 is 1.12 bits per heavy atom. The third kappa shape index (κ3) is 24.4. The molecule has 3 rings (SSSR count). The van der Waals surface area contributed by atoms with Crippen molar-refractivity contribution in [3.63, 3.8) is 0 Å². The second-order valence-electron chi connectivity index (χ2n) is 17.1. The van der Waals surface area contributed by atoms with E-state index in [1.807, 2.05) is 12.1 Å². The van der Waals surface area contributed by atoms with E-state index in [9.17, 15) is 0 Å². The Balaban J connectivity index is 1.88. The van der Waals surface area contributed by atoms with Gasteiger partial charge in [-0.05, 0) is 86.8 Å². The summed E-state index contributed by atoms with van der Waals surface area (Å²) in [5.74, 6) is 4.25. The molecule has 0 aromatic heterocycles. The van der Waals surface area contributed by atoms with Crippen molar-refractivity contribution in [2.75, 3.05) is 59.5 Å². The lowest BCUT2D eigenvalue weighted by Crippen LogP contribution is -2.07. The molecule has 3 aromatic carbocycles. The van der Waals surface area contributed by atoms with Crippen molar-refractivity contribution < 1.29 is 42.9 Å². The zero-order chi connectivity index (χ0) is 48.5. The lowest BCUT2D eigenvalue weighted by molar-refractivity contribution is -0.286. The number of hydrogen-bond acceptors (Lipinski definition) is 9. The molecule has 9 nitrogen and oxygen atoms in total. The average molecular weight is 941 g/mol. The first kappa shape index (κ1) is 57.5. The SMILES string of the molecule is C=CCOOCCCCOc1ccc(/C=C/c2ccc(/C=C/c3ccc(OCCCCOC=C)c(OCCCCCC)c3OCCCCCC)cc2)c(OCCCCCC)c1OCCCCCC. The molecule has 0 bridgehead atoms. The van der Waals surface area contributed by atoms with E-state index in [1.165, 1.54) is 57.6 Å². The minimum Gasteiger partial charge on any atom is -0.502 e. The fourth-order valence-corrected chi connectivity index (χ4v) is 7.24. The number of unbranched alkanes of at least 4 members (excludes halogenated alkanes) is 14. The molecule has 0 N–H and O–H groups in total. The fourth-order valence-electron chi connectivity index (χ4n) is 7.24. The van der Waals surface area contributed by atoms with Crippen molar-refractivity contribution in [1.82, 2.24) is 0 Å². The number of ether oxygens (including phenoxy) is 7. The zero-order valence-corrected chi connectivity index (χ0v) is 42.7. The van der Waals surface area contributed by atoms with E-state index < -0.39 is 0 Å². The molecule has 68 heavy (non-hydrogen) atoms. The van der Waals surface area contributed by atoms with Gasteiger partial charge in [-0.2, -0.15) is 0 Å². The predicted molar refractivity (Wildman–Crippen MR) is 283 cm³/mol. The molecule has 0 amide bonds. The highest BCUT2D eigenvalue weighted by Crippen LogP contribution is 2.43. The van der Waals surface area contributed by atoms with Gasteiger partial charge in [-0.25, -0.2) is 9.78 Å². The van der Waals surface area contributed by atoms with Crippen LogP contribution in [0.4, 0.5) is 0 Å². The van der Waals surface area contributed by atoms with Crippen LogP contribution in [0.25, 0.3) is 24.3 Å². The molecule has 0 radical (unpaired) electrons. The van der Waals surface area contributed by atoms with Crippen molar-refractivity contribution >= 4 is 24.3 Å². The summed E-state index contributed by atoms with van der Waals surface area (Å²) in [4.78, 5) is 10.3. The molecule has 378 valence electrons. The summed E-state index contributed by atoms with van der Waals surface area (Å²) in [5, 5.41) is 0. The van der Waals surface area contributed by atoms with Crippen molar-refractivity contribution in [3.05, 3.63) is 96.3 Å². The van der Waals surface area contributed by atoms with E-state index in [2.05, 4.69) is 102 Å². The van der Waals surface area contributed by atoms with Gasteiger partial charge in [0.15, 0.2) is 23.0 Å². The topological polar surface area (TPSA) is 83.1 Å². The smallest absolute Gasteiger partial charge is 0.204 e. The van der Waals surface area contributed by atoms with Gasteiger partial charge < -0.3 is 33.2 Å². The van der Waals surface area contributed by atoms with Gasteiger partial charge in [0.2, 0.25) is 11.5 Å².